The van der Waals surface area contributed by atoms with Crippen LogP contribution in [0.1, 0.15) is 31.4 Å². The van der Waals surface area contributed by atoms with E-state index < -0.39 is 0 Å². The van der Waals surface area contributed by atoms with Crippen molar-refractivity contribution in [3.63, 3.8) is 0 Å². The van der Waals surface area contributed by atoms with E-state index in [-0.39, 0.29) is 0 Å². The fourth-order valence-corrected chi connectivity index (χ4v) is 3.86. The number of rotatable bonds is 5. The molecule has 0 radical (unpaired) electrons. The Hall–Kier alpha value is -0.780. The van der Waals surface area contributed by atoms with Crippen LogP contribution in [0.15, 0.2) is 16.6 Å². The topological polar surface area (TPSA) is 47.7 Å². The number of methoxy groups -OCH3 is 2. The monoisotopic (exact) mass is 356 g/mol. The Kier molecular flexibility index (Phi) is 5.90. The SMILES string of the molecule is CCN1CCCC(CN)C1c1cc(OC)c(OC)cc1Br. The first-order valence-electron chi connectivity index (χ1n) is 7.51. The number of nitrogens with zero attached hydrogens (tertiary/aromatic N) is 1. The summed E-state index contributed by atoms with van der Waals surface area (Å²) in [5.41, 5.74) is 7.27. The number of likely N-dealkylation sites (tertiary alicyclic amines) is 1. The van der Waals surface area contributed by atoms with Crippen LogP contribution in [0, 0.1) is 5.92 Å². The molecule has 0 spiro atoms. The van der Waals surface area contributed by atoms with Crippen molar-refractivity contribution < 1.29 is 9.47 Å². The van der Waals surface area contributed by atoms with Gasteiger partial charge in [0.1, 0.15) is 0 Å². The lowest BCUT2D eigenvalue weighted by Gasteiger charge is -2.41. The van der Waals surface area contributed by atoms with Gasteiger partial charge in [-0.15, -0.1) is 0 Å². The Balaban J connectivity index is 2.45. The number of nitrogens with two attached hydrogens (primary N) is 1. The molecule has 4 nitrogen and oxygen atoms in total. The standard InChI is InChI=1S/C16H25BrN2O2/c1-4-19-7-5-6-11(10-18)16(19)12-8-14(20-2)15(21-3)9-13(12)17/h8-9,11,16H,4-7,10,18H2,1-3H3. The molecule has 2 atom stereocenters. The predicted molar refractivity (Wildman–Crippen MR) is 89.0 cm³/mol. The highest BCUT2D eigenvalue weighted by molar-refractivity contribution is 9.10. The summed E-state index contributed by atoms with van der Waals surface area (Å²) in [5.74, 6) is 2.00. The molecule has 1 aliphatic rings. The first kappa shape index (κ1) is 16.6. The number of hydrogen-bond acceptors (Lipinski definition) is 4. The summed E-state index contributed by atoms with van der Waals surface area (Å²) in [4.78, 5) is 2.51. The molecule has 0 aromatic heterocycles. The first-order chi connectivity index (χ1) is 10.2. The molecule has 1 aromatic rings. The van der Waals surface area contributed by atoms with Crippen molar-refractivity contribution in [2.75, 3.05) is 33.9 Å². The van der Waals surface area contributed by atoms with E-state index in [0.29, 0.717) is 18.5 Å². The Bertz CT molecular complexity index is 470. The van der Waals surface area contributed by atoms with Gasteiger partial charge in [0.05, 0.1) is 14.2 Å². The molecule has 0 aliphatic carbocycles. The average Bonchev–Trinajstić information content (AvgIpc) is 2.53. The number of hydrogen-bond donors (Lipinski definition) is 1. The lowest BCUT2D eigenvalue weighted by atomic mass is 9.84. The van der Waals surface area contributed by atoms with Gasteiger partial charge < -0.3 is 15.2 Å². The van der Waals surface area contributed by atoms with Gasteiger partial charge in [-0.3, -0.25) is 4.90 Å². The van der Waals surface area contributed by atoms with Gasteiger partial charge in [-0.1, -0.05) is 22.9 Å². The normalized spacial score (nSPS) is 23.1. The molecular formula is C16H25BrN2O2. The minimum atomic E-state index is 0.336. The second-order valence-electron chi connectivity index (χ2n) is 5.44. The molecule has 2 unspecified atom stereocenters. The van der Waals surface area contributed by atoms with Crippen LogP contribution in [0.3, 0.4) is 0 Å². The lowest BCUT2D eigenvalue weighted by Crippen LogP contribution is -2.41. The molecule has 1 aliphatic heterocycles. The van der Waals surface area contributed by atoms with Crippen LogP contribution in [0.4, 0.5) is 0 Å². The molecule has 1 heterocycles. The Labute approximate surface area is 135 Å². The number of benzene rings is 1. The van der Waals surface area contributed by atoms with E-state index in [1.807, 2.05) is 6.07 Å². The maximum Gasteiger partial charge on any atom is 0.161 e. The van der Waals surface area contributed by atoms with Crippen LogP contribution in [-0.4, -0.2) is 38.8 Å². The molecular weight excluding hydrogens is 332 g/mol. The van der Waals surface area contributed by atoms with Gasteiger partial charge >= 0.3 is 0 Å². The molecule has 118 valence electrons. The summed E-state index contributed by atoms with van der Waals surface area (Å²) in [6, 6.07) is 4.41. The number of piperidine rings is 1. The Morgan fingerprint density at radius 1 is 1.29 bits per heavy atom. The smallest absolute Gasteiger partial charge is 0.161 e. The summed E-state index contributed by atoms with van der Waals surface area (Å²) in [7, 11) is 3.33. The lowest BCUT2D eigenvalue weighted by molar-refractivity contribution is 0.101. The van der Waals surface area contributed by atoms with E-state index in [9.17, 15) is 0 Å². The molecule has 2 rings (SSSR count). The summed E-state index contributed by atoms with van der Waals surface area (Å²) in [5, 5.41) is 0. The van der Waals surface area contributed by atoms with Crippen molar-refractivity contribution in [2.24, 2.45) is 11.7 Å². The van der Waals surface area contributed by atoms with E-state index >= 15 is 0 Å². The molecule has 1 saturated heterocycles. The molecule has 1 aromatic carbocycles. The maximum absolute atomic E-state index is 6.03. The molecule has 0 bridgehead atoms. The fourth-order valence-electron chi connectivity index (χ4n) is 3.30. The zero-order valence-corrected chi connectivity index (χ0v) is 14.6. The van der Waals surface area contributed by atoms with E-state index in [1.165, 1.54) is 18.4 Å². The maximum atomic E-state index is 6.03. The minimum Gasteiger partial charge on any atom is -0.493 e. The van der Waals surface area contributed by atoms with Crippen LogP contribution in [0.25, 0.3) is 0 Å². The van der Waals surface area contributed by atoms with E-state index in [1.54, 1.807) is 14.2 Å². The summed E-state index contributed by atoms with van der Waals surface area (Å²) in [6.07, 6.45) is 2.40. The Morgan fingerprint density at radius 3 is 2.52 bits per heavy atom. The highest BCUT2D eigenvalue weighted by atomic mass is 79.9. The third kappa shape index (κ3) is 3.35. The highest BCUT2D eigenvalue weighted by Crippen LogP contribution is 2.42. The zero-order valence-electron chi connectivity index (χ0n) is 13.1. The van der Waals surface area contributed by atoms with Crippen molar-refractivity contribution in [3.05, 3.63) is 22.2 Å². The van der Waals surface area contributed by atoms with Crippen molar-refractivity contribution in [3.8, 4) is 11.5 Å². The zero-order chi connectivity index (χ0) is 15.4. The molecule has 21 heavy (non-hydrogen) atoms. The predicted octanol–water partition coefficient (Wildman–Crippen LogP) is 3.20. The third-order valence-corrected chi connectivity index (χ3v) is 5.08. The van der Waals surface area contributed by atoms with Gasteiger partial charge in [-0.25, -0.2) is 0 Å². The van der Waals surface area contributed by atoms with Gasteiger partial charge in [0.25, 0.3) is 0 Å². The van der Waals surface area contributed by atoms with E-state index in [0.717, 1.165) is 29.1 Å². The van der Waals surface area contributed by atoms with Crippen molar-refractivity contribution in [2.45, 2.75) is 25.8 Å². The highest BCUT2D eigenvalue weighted by Gasteiger charge is 2.32. The van der Waals surface area contributed by atoms with Crippen molar-refractivity contribution in [1.82, 2.24) is 4.90 Å². The second-order valence-corrected chi connectivity index (χ2v) is 6.29. The Morgan fingerprint density at radius 2 is 1.95 bits per heavy atom. The average molecular weight is 357 g/mol. The third-order valence-electron chi connectivity index (χ3n) is 4.39. The van der Waals surface area contributed by atoms with Crippen molar-refractivity contribution >= 4 is 15.9 Å². The molecule has 0 amide bonds. The van der Waals surface area contributed by atoms with E-state index in [4.69, 9.17) is 15.2 Å². The molecule has 5 heteroatoms. The second kappa shape index (κ2) is 7.47. The largest absolute Gasteiger partial charge is 0.493 e. The molecule has 1 fully saturated rings. The summed E-state index contributed by atoms with van der Waals surface area (Å²) < 4.78 is 11.9. The summed E-state index contributed by atoms with van der Waals surface area (Å²) in [6.45, 7) is 5.07. The van der Waals surface area contributed by atoms with Crippen LogP contribution in [0.2, 0.25) is 0 Å². The van der Waals surface area contributed by atoms with Crippen molar-refractivity contribution in [1.29, 1.82) is 0 Å². The van der Waals surface area contributed by atoms with Crippen LogP contribution in [-0.2, 0) is 0 Å². The van der Waals surface area contributed by atoms with Gasteiger partial charge in [0.2, 0.25) is 0 Å². The van der Waals surface area contributed by atoms with Gasteiger partial charge in [0.15, 0.2) is 11.5 Å². The minimum absolute atomic E-state index is 0.336. The molecule has 0 saturated carbocycles. The quantitative estimate of drug-likeness (QED) is 0.879. The first-order valence-corrected chi connectivity index (χ1v) is 8.31. The summed E-state index contributed by atoms with van der Waals surface area (Å²) >= 11 is 3.70. The van der Waals surface area contributed by atoms with Gasteiger partial charge in [-0.05, 0) is 56.1 Å². The van der Waals surface area contributed by atoms with Gasteiger partial charge in [0, 0.05) is 10.5 Å². The number of halogens is 1. The van der Waals surface area contributed by atoms with Crippen LogP contribution >= 0.6 is 15.9 Å². The van der Waals surface area contributed by atoms with Crippen LogP contribution in [0.5, 0.6) is 11.5 Å². The fraction of sp³-hybridized carbons (Fsp3) is 0.625. The van der Waals surface area contributed by atoms with Gasteiger partial charge in [-0.2, -0.15) is 0 Å². The van der Waals surface area contributed by atoms with Crippen LogP contribution < -0.4 is 15.2 Å². The number of ether oxygens (including phenoxy) is 2. The van der Waals surface area contributed by atoms with E-state index in [2.05, 4.69) is 33.8 Å². The molecule has 2 N–H and O–H groups in total.